The van der Waals surface area contributed by atoms with Crippen molar-refractivity contribution < 1.29 is 9.53 Å². The Bertz CT molecular complexity index is 578. The Kier molecular flexibility index (Phi) is 7.18. The molecule has 0 saturated carbocycles. The Hall–Kier alpha value is -2.29. The third-order valence-corrected chi connectivity index (χ3v) is 3.80. The lowest BCUT2D eigenvalue weighted by Gasteiger charge is -2.07. The molecule has 0 aliphatic rings. The number of unbranched alkanes of at least 4 members (excludes halogenated alkanes) is 2. The van der Waals surface area contributed by atoms with Gasteiger partial charge in [-0.15, -0.1) is 0 Å². The van der Waals surface area contributed by atoms with Crippen molar-refractivity contribution in [3.63, 3.8) is 0 Å². The van der Waals surface area contributed by atoms with Crippen molar-refractivity contribution in [2.45, 2.75) is 38.5 Å². The van der Waals surface area contributed by atoms with Gasteiger partial charge < -0.3 is 10.5 Å². The maximum Gasteiger partial charge on any atom is 0.217 e. The van der Waals surface area contributed by atoms with Crippen LogP contribution in [-0.4, -0.2) is 12.5 Å². The second kappa shape index (κ2) is 9.67. The first-order valence-electron chi connectivity index (χ1n) is 8.28. The smallest absolute Gasteiger partial charge is 0.217 e. The SMILES string of the molecule is NC(=O)CCc1ccc(OCCCCCc2ccccc2)cc1. The van der Waals surface area contributed by atoms with Crippen LogP contribution in [0.3, 0.4) is 0 Å². The lowest BCUT2D eigenvalue weighted by atomic mass is 10.1. The second-order valence-corrected chi connectivity index (χ2v) is 5.75. The molecule has 0 aliphatic carbocycles. The van der Waals surface area contributed by atoms with Crippen molar-refractivity contribution in [3.05, 3.63) is 65.7 Å². The van der Waals surface area contributed by atoms with E-state index in [1.54, 1.807) is 0 Å². The molecule has 0 heterocycles. The highest BCUT2D eigenvalue weighted by molar-refractivity contribution is 5.74. The van der Waals surface area contributed by atoms with E-state index in [1.807, 2.05) is 24.3 Å². The molecule has 2 aromatic rings. The summed E-state index contributed by atoms with van der Waals surface area (Å²) >= 11 is 0. The molecule has 0 aliphatic heterocycles. The molecule has 3 nitrogen and oxygen atoms in total. The molecule has 0 bridgehead atoms. The van der Waals surface area contributed by atoms with E-state index in [4.69, 9.17) is 10.5 Å². The highest BCUT2D eigenvalue weighted by Gasteiger charge is 1.99. The van der Waals surface area contributed by atoms with Crippen LogP contribution >= 0.6 is 0 Å². The highest BCUT2D eigenvalue weighted by Crippen LogP contribution is 2.14. The zero-order valence-corrected chi connectivity index (χ0v) is 13.5. The van der Waals surface area contributed by atoms with Gasteiger partial charge in [0.15, 0.2) is 0 Å². The van der Waals surface area contributed by atoms with Crippen molar-refractivity contribution in [1.82, 2.24) is 0 Å². The van der Waals surface area contributed by atoms with E-state index in [0.717, 1.165) is 30.8 Å². The fraction of sp³-hybridized carbons (Fsp3) is 0.350. The van der Waals surface area contributed by atoms with Crippen molar-refractivity contribution in [2.24, 2.45) is 5.73 Å². The average molecular weight is 311 g/mol. The molecule has 0 spiro atoms. The van der Waals surface area contributed by atoms with Gasteiger partial charge in [-0.3, -0.25) is 4.79 Å². The maximum absolute atomic E-state index is 10.8. The van der Waals surface area contributed by atoms with E-state index in [0.29, 0.717) is 12.8 Å². The van der Waals surface area contributed by atoms with Gasteiger partial charge >= 0.3 is 0 Å². The summed E-state index contributed by atoms with van der Waals surface area (Å²) in [4.78, 5) is 10.8. The number of aryl methyl sites for hydroxylation is 2. The zero-order valence-electron chi connectivity index (χ0n) is 13.5. The van der Waals surface area contributed by atoms with Crippen molar-refractivity contribution in [3.8, 4) is 5.75 Å². The Balaban J connectivity index is 1.58. The molecule has 2 rings (SSSR count). The van der Waals surface area contributed by atoms with Gasteiger partial charge in [0.05, 0.1) is 6.61 Å². The van der Waals surface area contributed by atoms with Crippen LogP contribution < -0.4 is 10.5 Å². The number of primary amides is 1. The largest absolute Gasteiger partial charge is 0.494 e. The summed E-state index contributed by atoms with van der Waals surface area (Å²) in [5, 5.41) is 0. The Labute approximate surface area is 138 Å². The van der Waals surface area contributed by atoms with Gasteiger partial charge in [0.2, 0.25) is 5.91 Å². The van der Waals surface area contributed by atoms with Crippen molar-refractivity contribution in [1.29, 1.82) is 0 Å². The monoisotopic (exact) mass is 311 g/mol. The number of nitrogens with two attached hydrogens (primary N) is 1. The van der Waals surface area contributed by atoms with Gasteiger partial charge in [-0.2, -0.15) is 0 Å². The summed E-state index contributed by atoms with van der Waals surface area (Å²) in [6.45, 7) is 0.745. The standard InChI is InChI=1S/C20H25NO2/c21-20(22)15-12-18-10-13-19(14-11-18)23-16-6-2-5-9-17-7-3-1-4-8-17/h1,3-4,7-8,10-11,13-14H,2,5-6,9,12,15-16H2,(H2,21,22). The van der Waals surface area contributed by atoms with Crippen molar-refractivity contribution >= 4 is 5.91 Å². The highest BCUT2D eigenvalue weighted by atomic mass is 16.5. The molecule has 0 radical (unpaired) electrons. The summed E-state index contributed by atoms with van der Waals surface area (Å²) in [6.07, 6.45) is 5.65. The van der Waals surface area contributed by atoms with Gasteiger partial charge in [-0.1, -0.05) is 42.5 Å². The number of hydrogen-bond donors (Lipinski definition) is 1. The van der Waals surface area contributed by atoms with Crippen LogP contribution in [0.25, 0.3) is 0 Å². The molecular formula is C20H25NO2. The molecule has 0 atom stereocenters. The summed E-state index contributed by atoms with van der Waals surface area (Å²) in [6, 6.07) is 18.5. The molecule has 2 N–H and O–H groups in total. The molecule has 23 heavy (non-hydrogen) atoms. The van der Waals surface area contributed by atoms with Crippen LogP contribution in [0.4, 0.5) is 0 Å². The van der Waals surface area contributed by atoms with E-state index >= 15 is 0 Å². The van der Waals surface area contributed by atoms with Gasteiger partial charge in [-0.25, -0.2) is 0 Å². The third-order valence-electron chi connectivity index (χ3n) is 3.80. The third kappa shape index (κ3) is 7.00. The van der Waals surface area contributed by atoms with Gasteiger partial charge in [0.1, 0.15) is 5.75 Å². The predicted molar refractivity (Wildman–Crippen MR) is 93.4 cm³/mol. The predicted octanol–water partition coefficient (Wildman–Crippen LogP) is 3.90. The number of carbonyl (C=O) groups is 1. The molecule has 0 fully saturated rings. The average Bonchev–Trinajstić information content (AvgIpc) is 2.58. The van der Waals surface area contributed by atoms with Crippen LogP contribution in [-0.2, 0) is 17.6 Å². The summed E-state index contributed by atoms with van der Waals surface area (Å²) in [5.41, 5.74) is 7.66. The Morgan fingerprint density at radius 2 is 1.52 bits per heavy atom. The minimum Gasteiger partial charge on any atom is -0.494 e. The normalized spacial score (nSPS) is 10.4. The lowest BCUT2D eigenvalue weighted by molar-refractivity contribution is -0.117. The maximum atomic E-state index is 10.8. The van der Waals surface area contributed by atoms with E-state index in [9.17, 15) is 4.79 Å². The first-order chi connectivity index (χ1) is 11.2. The van der Waals surface area contributed by atoms with Crippen LogP contribution in [0.2, 0.25) is 0 Å². The summed E-state index contributed by atoms with van der Waals surface area (Å²) < 4.78 is 5.75. The molecule has 0 saturated heterocycles. The minimum atomic E-state index is -0.263. The van der Waals surface area contributed by atoms with Gasteiger partial charge in [-0.05, 0) is 55.4 Å². The summed E-state index contributed by atoms with van der Waals surface area (Å²) in [5.74, 6) is 0.622. The fourth-order valence-corrected chi connectivity index (χ4v) is 2.46. The fourth-order valence-electron chi connectivity index (χ4n) is 2.46. The minimum absolute atomic E-state index is 0.263. The van der Waals surface area contributed by atoms with E-state index in [-0.39, 0.29) is 5.91 Å². The topological polar surface area (TPSA) is 52.3 Å². The van der Waals surface area contributed by atoms with E-state index in [2.05, 4.69) is 30.3 Å². The number of carbonyl (C=O) groups excluding carboxylic acids is 1. The van der Waals surface area contributed by atoms with Crippen molar-refractivity contribution in [2.75, 3.05) is 6.61 Å². The van der Waals surface area contributed by atoms with Crippen LogP contribution in [0.1, 0.15) is 36.8 Å². The van der Waals surface area contributed by atoms with E-state index in [1.165, 1.54) is 18.4 Å². The zero-order chi connectivity index (χ0) is 16.3. The van der Waals surface area contributed by atoms with Gasteiger partial charge in [0.25, 0.3) is 0 Å². The van der Waals surface area contributed by atoms with Gasteiger partial charge in [0, 0.05) is 6.42 Å². The molecule has 3 heteroatoms. The number of amides is 1. The van der Waals surface area contributed by atoms with Crippen LogP contribution in [0, 0.1) is 0 Å². The molecule has 1 amide bonds. The lowest BCUT2D eigenvalue weighted by Crippen LogP contribution is -2.11. The summed E-state index contributed by atoms with van der Waals surface area (Å²) in [7, 11) is 0. The number of rotatable bonds is 10. The molecular weight excluding hydrogens is 286 g/mol. The molecule has 122 valence electrons. The second-order valence-electron chi connectivity index (χ2n) is 5.75. The Morgan fingerprint density at radius 3 is 2.22 bits per heavy atom. The first kappa shape index (κ1) is 17.1. The number of benzene rings is 2. The van der Waals surface area contributed by atoms with Crippen LogP contribution in [0.5, 0.6) is 5.75 Å². The molecule has 0 aromatic heterocycles. The Morgan fingerprint density at radius 1 is 0.826 bits per heavy atom. The number of ether oxygens (including phenoxy) is 1. The number of hydrogen-bond acceptors (Lipinski definition) is 2. The molecule has 2 aromatic carbocycles. The van der Waals surface area contributed by atoms with Crippen LogP contribution in [0.15, 0.2) is 54.6 Å². The quantitative estimate of drug-likeness (QED) is 0.677. The molecule has 0 unspecified atom stereocenters. The first-order valence-corrected chi connectivity index (χ1v) is 8.28. The van der Waals surface area contributed by atoms with E-state index < -0.39 is 0 Å².